The summed E-state index contributed by atoms with van der Waals surface area (Å²) in [4.78, 5) is 31.5. The molecular formula is C17H20N4O2S. The summed E-state index contributed by atoms with van der Waals surface area (Å²) < 4.78 is 0. The maximum absolute atomic E-state index is 12.3. The second-order valence-corrected chi connectivity index (χ2v) is 7.06. The number of carbonyl (C=O) groups excluding carboxylic acids is 2. The van der Waals surface area contributed by atoms with Gasteiger partial charge >= 0.3 is 6.03 Å². The number of nitrogens with one attached hydrogen (secondary N) is 2. The number of piperidine rings is 1. The van der Waals surface area contributed by atoms with Crippen molar-refractivity contribution in [2.75, 3.05) is 23.7 Å². The van der Waals surface area contributed by atoms with Crippen LogP contribution < -0.4 is 10.6 Å². The standard InChI is InChI=1S/C17H20N4O2S/c1-12-11-18-16(24-12)20-15(22)13-7-9-21(10-8-13)17(23)19-14-5-3-2-4-6-14/h2-6,11,13H,7-10H2,1H3,(H,19,23)(H,18,20,22). The van der Waals surface area contributed by atoms with Gasteiger partial charge in [0.15, 0.2) is 5.13 Å². The number of urea groups is 1. The van der Waals surface area contributed by atoms with Gasteiger partial charge in [-0.1, -0.05) is 18.2 Å². The summed E-state index contributed by atoms with van der Waals surface area (Å²) in [6, 6.07) is 9.26. The zero-order chi connectivity index (χ0) is 16.9. The van der Waals surface area contributed by atoms with Gasteiger partial charge in [-0.05, 0) is 31.9 Å². The number of rotatable bonds is 3. The number of thiazole rings is 1. The number of hydrogen-bond donors (Lipinski definition) is 2. The number of aryl methyl sites for hydroxylation is 1. The fourth-order valence-corrected chi connectivity index (χ4v) is 3.36. The van der Waals surface area contributed by atoms with Crippen molar-refractivity contribution in [2.24, 2.45) is 5.92 Å². The highest BCUT2D eigenvalue weighted by molar-refractivity contribution is 7.15. The molecule has 1 aliphatic rings. The Kier molecular flexibility index (Phi) is 5.10. The Bertz CT molecular complexity index is 708. The van der Waals surface area contributed by atoms with E-state index in [1.807, 2.05) is 37.3 Å². The summed E-state index contributed by atoms with van der Waals surface area (Å²) in [5.74, 6) is -0.0811. The SMILES string of the molecule is Cc1cnc(NC(=O)C2CCN(C(=O)Nc3ccccc3)CC2)s1. The van der Waals surface area contributed by atoms with E-state index in [1.54, 1.807) is 11.1 Å². The van der Waals surface area contributed by atoms with Gasteiger partial charge in [-0.15, -0.1) is 11.3 Å². The molecule has 0 atom stereocenters. The summed E-state index contributed by atoms with van der Waals surface area (Å²) in [6.45, 7) is 3.11. The molecule has 1 aliphatic heterocycles. The lowest BCUT2D eigenvalue weighted by molar-refractivity contribution is -0.121. The molecule has 1 fully saturated rings. The van der Waals surface area contributed by atoms with Crippen LogP contribution in [0.25, 0.3) is 0 Å². The fourth-order valence-electron chi connectivity index (χ4n) is 2.69. The maximum atomic E-state index is 12.3. The van der Waals surface area contributed by atoms with Gasteiger partial charge in [-0.25, -0.2) is 9.78 Å². The molecule has 1 saturated heterocycles. The molecule has 0 radical (unpaired) electrons. The van der Waals surface area contributed by atoms with Gasteiger partial charge in [0.05, 0.1) is 0 Å². The average molecular weight is 344 g/mol. The molecule has 0 spiro atoms. The Hall–Kier alpha value is -2.41. The molecular weight excluding hydrogens is 324 g/mol. The van der Waals surface area contributed by atoms with Crippen LogP contribution in [0.2, 0.25) is 0 Å². The Morgan fingerprint density at radius 2 is 1.88 bits per heavy atom. The lowest BCUT2D eigenvalue weighted by Crippen LogP contribution is -2.43. The lowest BCUT2D eigenvalue weighted by atomic mass is 9.96. The van der Waals surface area contributed by atoms with Crippen LogP contribution in [0.3, 0.4) is 0 Å². The first-order chi connectivity index (χ1) is 11.6. The van der Waals surface area contributed by atoms with Crippen molar-refractivity contribution in [2.45, 2.75) is 19.8 Å². The monoisotopic (exact) mass is 344 g/mol. The summed E-state index contributed by atoms with van der Waals surface area (Å²) in [5.41, 5.74) is 0.779. The predicted octanol–water partition coefficient (Wildman–Crippen LogP) is 3.33. The Morgan fingerprint density at radius 1 is 1.17 bits per heavy atom. The lowest BCUT2D eigenvalue weighted by Gasteiger charge is -2.31. The number of aromatic nitrogens is 1. The zero-order valence-electron chi connectivity index (χ0n) is 13.5. The Morgan fingerprint density at radius 3 is 2.50 bits per heavy atom. The van der Waals surface area contributed by atoms with E-state index >= 15 is 0 Å². The van der Waals surface area contributed by atoms with Crippen molar-refractivity contribution in [3.05, 3.63) is 41.4 Å². The molecule has 6 nitrogen and oxygen atoms in total. The molecule has 3 rings (SSSR count). The van der Waals surface area contributed by atoms with E-state index in [1.165, 1.54) is 11.3 Å². The smallest absolute Gasteiger partial charge is 0.321 e. The molecule has 1 aromatic heterocycles. The van der Waals surface area contributed by atoms with Crippen LogP contribution in [-0.2, 0) is 4.79 Å². The van der Waals surface area contributed by atoms with Crippen LogP contribution in [0.15, 0.2) is 36.5 Å². The van der Waals surface area contributed by atoms with E-state index in [0.29, 0.717) is 31.1 Å². The largest absolute Gasteiger partial charge is 0.324 e. The second kappa shape index (κ2) is 7.44. The van der Waals surface area contributed by atoms with Crippen LogP contribution >= 0.6 is 11.3 Å². The van der Waals surface area contributed by atoms with Crippen LogP contribution in [0, 0.1) is 12.8 Å². The first-order valence-electron chi connectivity index (χ1n) is 7.96. The second-order valence-electron chi connectivity index (χ2n) is 5.82. The van der Waals surface area contributed by atoms with Crippen molar-refractivity contribution >= 4 is 34.1 Å². The van der Waals surface area contributed by atoms with Crippen LogP contribution in [0.5, 0.6) is 0 Å². The highest BCUT2D eigenvalue weighted by Gasteiger charge is 2.27. The molecule has 0 bridgehead atoms. The summed E-state index contributed by atoms with van der Waals surface area (Å²) >= 11 is 1.47. The van der Waals surface area contributed by atoms with Crippen molar-refractivity contribution in [1.29, 1.82) is 0 Å². The van der Waals surface area contributed by atoms with E-state index in [0.717, 1.165) is 10.6 Å². The molecule has 3 amide bonds. The van der Waals surface area contributed by atoms with Gasteiger partial charge in [0.1, 0.15) is 0 Å². The van der Waals surface area contributed by atoms with E-state index < -0.39 is 0 Å². The normalized spacial score (nSPS) is 15.1. The molecule has 1 aromatic carbocycles. The number of hydrogen-bond acceptors (Lipinski definition) is 4. The van der Waals surface area contributed by atoms with E-state index in [9.17, 15) is 9.59 Å². The third-order valence-electron chi connectivity index (χ3n) is 4.03. The molecule has 7 heteroatoms. The highest BCUT2D eigenvalue weighted by atomic mass is 32.1. The molecule has 2 aromatic rings. The molecule has 0 aliphatic carbocycles. The minimum Gasteiger partial charge on any atom is -0.324 e. The molecule has 0 saturated carbocycles. The molecule has 2 N–H and O–H groups in total. The molecule has 0 unspecified atom stereocenters. The minimum atomic E-state index is -0.115. The highest BCUT2D eigenvalue weighted by Crippen LogP contribution is 2.22. The van der Waals surface area contributed by atoms with Crippen LogP contribution in [-0.4, -0.2) is 34.9 Å². The predicted molar refractivity (Wildman–Crippen MR) is 95.2 cm³/mol. The molecule has 2 heterocycles. The van der Waals surface area contributed by atoms with Crippen molar-refractivity contribution in [1.82, 2.24) is 9.88 Å². The van der Waals surface area contributed by atoms with Gasteiger partial charge in [0, 0.05) is 35.8 Å². The van der Waals surface area contributed by atoms with Crippen molar-refractivity contribution in [3.63, 3.8) is 0 Å². The van der Waals surface area contributed by atoms with Gasteiger partial charge in [0.2, 0.25) is 5.91 Å². The summed E-state index contributed by atoms with van der Waals surface area (Å²) in [5, 5.41) is 6.38. The van der Waals surface area contributed by atoms with E-state index in [4.69, 9.17) is 0 Å². The number of anilines is 2. The van der Waals surface area contributed by atoms with Gasteiger partial charge in [-0.3, -0.25) is 4.79 Å². The topological polar surface area (TPSA) is 74.3 Å². The third kappa shape index (κ3) is 4.11. The molecule has 24 heavy (non-hydrogen) atoms. The maximum Gasteiger partial charge on any atom is 0.321 e. The fraction of sp³-hybridized carbons (Fsp3) is 0.353. The summed E-state index contributed by atoms with van der Waals surface area (Å²) in [6.07, 6.45) is 3.08. The number of para-hydroxylation sites is 1. The van der Waals surface area contributed by atoms with Crippen LogP contribution in [0.4, 0.5) is 15.6 Å². The van der Waals surface area contributed by atoms with Crippen LogP contribution in [0.1, 0.15) is 17.7 Å². The number of nitrogens with zero attached hydrogens (tertiary/aromatic N) is 2. The van der Waals surface area contributed by atoms with Crippen molar-refractivity contribution < 1.29 is 9.59 Å². The van der Waals surface area contributed by atoms with E-state index in [2.05, 4.69) is 15.6 Å². The average Bonchev–Trinajstić information content (AvgIpc) is 3.00. The van der Waals surface area contributed by atoms with Gasteiger partial charge in [-0.2, -0.15) is 0 Å². The first-order valence-corrected chi connectivity index (χ1v) is 8.78. The van der Waals surface area contributed by atoms with E-state index in [-0.39, 0.29) is 17.9 Å². The third-order valence-corrected chi connectivity index (χ3v) is 4.86. The number of benzene rings is 1. The van der Waals surface area contributed by atoms with Gasteiger partial charge in [0.25, 0.3) is 0 Å². The molecule has 126 valence electrons. The van der Waals surface area contributed by atoms with Crippen molar-refractivity contribution in [3.8, 4) is 0 Å². The Balaban J connectivity index is 1.48. The number of carbonyl (C=O) groups is 2. The van der Waals surface area contributed by atoms with Gasteiger partial charge < -0.3 is 15.5 Å². The summed E-state index contributed by atoms with van der Waals surface area (Å²) in [7, 11) is 0. The number of amides is 3. The number of likely N-dealkylation sites (tertiary alicyclic amines) is 1. The Labute approximate surface area is 144 Å². The minimum absolute atomic E-state index is 0.00697. The first kappa shape index (κ1) is 16.4. The zero-order valence-corrected chi connectivity index (χ0v) is 14.3. The quantitative estimate of drug-likeness (QED) is 0.897.